The van der Waals surface area contributed by atoms with Crippen molar-refractivity contribution in [1.82, 2.24) is 5.32 Å². The summed E-state index contributed by atoms with van der Waals surface area (Å²) in [7, 11) is 0. The number of rotatable bonds is 3. The number of amides is 1. The van der Waals surface area contributed by atoms with Gasteiger partial charge in [0.1, 0.15) is 0 Å². The van der Waals surface area contributed by atoms with Gasteiger partial charge in [0, 0.05) is 12.5 Å². The van der Waals surface area contributed by atoms with Crippen LogP contribution in [0.4, 0.5) is 0 Å². The quantitative estimate of drug-likeness (QED) is 0.799. The fraction of sp³-hybridized carbons (Fsp3) is 0.462. The molecule has 1 aromatic carbocycles. The molecule has 0 bridgehead atoms. The molecule has 0 radical (unpaired) electrons. The maximum absolute atomic E-state index is 11.8. The largest absolute Gasteiger partial charge is 0.356 e. The van der Waals surface area contributed by atoms with Gasteiger partial charge in [-0.1, -0.05) is 31.2 Å². The molecule has 0 fully saturated rings. The van der Waals surface area contributed by atoms with Gasteiger partial charge in [-0.25, -0.2) is 0 Å². The summed E-state index contributed by atoms with van der Waals surface area (Å²) >= 11 is 0. The average Bonchev–Trinajstić information content (AvgIpc) is 2.69. The molecule has 1 aromatic rings. The number of hydrogen-bond donors (Lipinski definition) is 1. The summed E-state index contributed by atoms with van der Waals surface area (Å²) in [4.78, 5) is 11.8. The maximum Gasteiger partial charge on any atom is 0.223 e. The predicted molar refractivity (Wildman–Crippen MR) is 60.6 cm³/mol. The van der Waals surface area contributed by atoms with Gasteiger partial charge in [-0.15, -0.1) is 0 Å². The number of benzene rings is 1. The predicted octanol–water partition coefficient (Wildman–Crippen LogP) is 1.93. The van der Waals surface area contributed by atoms with Crippen LogP contribution < -0.4 is 5.32 Å². The second kappa shape index (κ2) is 4.47. The van der Waals surface area contributed by atoms with E-state index in [0.717, 1.165) is 25.8 Å². The summed E-state index contributed by atoms with van der Waals surface area (Å²) < 4.78 is 0. The number of carbonyl (C=O) groups excluding carboxylic acids is 1. The van der Waals surface area contributed by atoms with E-state index in [9.17, 15) is 4.79 Å². The van der Waals surface area contributed by atoms with Crippen molar-refractivity contribution in [3.05, 3.63) is 35.4 Å². The number of fused-ring (bicyclic) bond motifs is 1. The Bertz CT molecular complexity index is 334. The van der Waals surface area contributed by atoms with Gasteiger partial charge in [-0.05, 0) is 30.4 Å². The third-order valence-corrected chi connectivity index (χ3v) is 2.97. The van der Waals surface area contributed by atoms with Crippen LogP contribution in [0.3, 0.4) is 0 Å². The molecule has 0 unspecified atom stereocenters. The Morgan fingerprint density at radius 1 is 1.33 bits per heavy atom. The first-order chi connectivity index (χ1) is 7.31. The first kappa shape index (κ1) is 10.2. The smallest absolute Gasteiger partial charge is 0.223 e. The molecular formula is C13H17NO. The van der Waals surface area contributed by atoms with E-state index >= 15 is 0 Å². The van der Waals surface area contributed by atoms with Crippen LogP contribution in [0.2, 0.25) is 0 Å². The Morgan fingerprint density at radius 2 is 1.93 bits per heavy atom. The summed E-state index contributed by atoms with van der Waals surface area (Å²) in [5.74, 6) is 0.377. The van der Waals surface area contributed by atoms with E-state index in [-0.39, 0.29) is 11.8 Å². The van der Waals surface area contributed by atoms with Crippen LogP contribution in [0, 0.1) is 5.92 Å². The van der Waals surface area contributed by atoms with Crippen molar-refractivity contribution in [3.8, 4) is 0 Å². The molecule has 0 atom stereocenters. The van der Waals surface area contributed by atoms with Crippen molar-refractivity contribution in [2.75, 3.05) is 6.54 Å². The van der Waals surface area contributed by atoms with Gasteiger partial charge < -0.3 is 5.32 Å². The first-order valence-electron chi connectivity index (χ1n) is 5.65. The lowest BCUT2D eigenvalue weighted by atomic mass is 10.1. The topological polar surface area (TPSA) is 29.1 Å². The Balaban J connectivity index is 1.98. The maximum atomic E-state index is 11.8. The van der Waals surface area contributed by atoms with Crippen molar-refractivity contribution < 1.29 is 4.79 Å². The second-order valence-corrected chi connectivity index (χ2v) is 4.16. The van der Waals surface area contributed by atoms with E-state index < -0.39 is 0 Å². The minimum absolute atomic E-state index is 0.161. The summed E-state index contributed by atoms with van der Waals surface area (Å²) in [6, 6.07) is 8.35. The normalized spacial score (nSPS) is 15.0. The average molecular weight is 203 g/mol. The highest BCUT2D eigenvalue weighted by molar-refractivity contribution is 5.80. The van der Waals surface area contributed by atoms with E-state index in [0.29, 0.717) is 0 Å². The minimum Gasteiger partial charge on any atom is -0.356 e. The molecule has 15 heavy (non-hydrogen) atoms. The zero-order chi connectivity index (χ0) is 10.7. The van der Waals surface area contributed by atoms with Crippen molar-refractivity contribution >= 4 is 5.91 Å². The van der Waals surface area contributed by atoms with Crippen LogP contribution in [0.1, 0.15) is 24.5 Å². The molecule has 0 spiro atoms. The molecule has 1 amide bonds. The summed E-state index contributed by atoms with van der Waals surface area (Å²) in [6.07, 6.45) is 2.82. The molecule has 0 aliphatic heterocycles. The molecule has 2 heteroatoms. The van der Waals surface area contributed by atoms with Crippen LogP contribution in [0.15, 0.2) is 24.3 Å². The minimum atomic E-state index is 0.161. The molecule has 80 valence electrons. The molecule has 1 aliphatic rings. The fourth-order valence-electron chi connectivity index (χ4n) is 2.14. The molecule has 0 saturated carbocycles. The van der Waals surface area contributed by atoms with Crippen molar-refractivity contribution in [1.29, 1.82) is 0 Å². The van der Waals surface area contributed by atoms with Gasteiger partial charge >= 0.3 is 0 Å². The Hall–Kier alpha value is -1.31. The van der Waals surface area contributed by atoms with Gasteiger partial charge in [0.2, 0.25) is 5.91 Å². The van der Waals surface area contributed by atoms with Crippen LogP contribution >= 0.6 is 0 Å². The number of carbonyl (C=O) groups is 1. The molecule has 0 aromatic heterocycles. The van der Waals surface area contributed by atoms with E-state index in [1.165, 1.54) is 11.1 Å². The van der Waals surface area contributed by atoms with Crippen molar-refractivity contribution in [2.45, 2.75) is 26.2 Å². The number of hydrogen-bond acceptors (Lipinski definition) is 1. The molecular weight excluding hydrogens is 186 g/mol. The van der Waals surface area contributed by atoms with Crippen LogP contribution in [-0.4, -0.2) is 12.5 Å². The Labute approximate surface area is 90.7 Å². The Kier molecular flexibility index (Phi) is 3.05. The van der Waals surface area contributed by atoms with Crippen molar-refractivity contribution in [2.24, 2.45) is 5.92 Å². The van der Waals surface area contributed by atoms with Crippen LogP contribution in [0.25, 0.3) is 0 Å². The molecule has 1 aliphatic carbocycles. The highest BCUT2D eigenvalue weighted by Crippen LogP contribution is 2.26. The monoisotopic (exact) mass is 203 g/mol. The van der Waals surface area contributed by atoms with Gasteiger partial charge in [0.25, 0.3) is 0 Å². The number of nitrogens with one attached hydrogen (secondary N) is 1. The standard InChI is InChI=1S/C13H17NO/c1-2-7-14-13(15)12-8-10-5-3-4-6-11(10)9-12/h3-6,12H,2,7-9H2,1H3,(H,14,15). The SMILES string of the molecule is CCCNC(=O)C1Cc2ccccc2C1. The van der Waals surface area contributed by atoms with E-state index in [1.54, 1.807) is 0 Å². The highest BCUT2D eigenvalue weighted by atomic mass is 16.1. The lowest BCUT2D eigenvalue weighted by molar-refractivity contribution is -0.124. The van der Waals surface area contributed by atoms with Gasteiger partial charge in [-0.3, -0.25) is 4.79 Å². The molecule has 2 rings (SSSR count). The Morgan fingerprint density at radius 3 is 2.47 bits per heavy atom. The van der Waals surface area contributed by atoms with E-state index in [2.05, 4.69) is 24.4 Å². The summed E-state index contributed by atoms with van der Waals surface area (Å²) in [6.45, 7) is 2.87. The van der Waals surface area contributed by atoms with Crippen LogP contribution in [0.5, 0.6) is 0 Å². The van der Waals surface area contributed by atoms with Gasteiger partial charge in [-0.2, -0.15) is 0 Å². The highest BCUT2D eigenvalue weighted by Gasteiger charge is 2.26. The zero-order valence-corrected chi connectivity index (χ0v) is 9.12. The first-order valence-corrected chi connectivity index (χ1v) is 5.65. The third-order valence-electron chi connectivity index (χ3n) is 2.97. The zero-order valence-electron chi connectivity index (χ0n) is 9.12. The third kappa shape index (κ3) is 2.20. The van der Waals surface area contributed by atoms with Crippen molar-refractivity contribution in [3.63, 3.8) is 0 Å². The fourth-order valence-corrected chi connectivity index (χ4v) is 2.14. The van der Waals surface area contributed by atoms with E-state index in [1.807, 2.05) is 12.1 Å². The lowest BCUT2D eigenvalue weighted by Crippen LogP contribution is -2.31. The second-order valence-electron chi connectivity index (χ2n) is 4.16. The lowest BCUT2D eigenvalue weighted by Gasteiger charge is -2.08. The van der Waals surface area contributed by atoms with Crippen LogP contribution in [-0.2, 0) is 17.6 Å². The molecule has 1 N–H and O–H groups in total. The summed E-state index contributed by atoms with van der Waals surface area (Å²) in [5.41, 5.74) is 2.68. The molecule has 2 nitrogen and oxygen atoms in total. The van der Waals surface area contributed by atoms with Gasteiger partial charge in [0.15, 0.2) is 0 Å². The van der Waals surface area contributed by atoms with E-state index in [4.69, 9.17) is 0 Å². The molecule has 0 heterocycles. The van der Waals surface area contributed by atoms with Gasteiger partial charge in [0.05, 0.1) is 0 Å². The molecule has 0 saturated heterocycles. The summed E-state index contributed by atoms with van der Waals surface area (Å²) in [5, 5.41) is 2.97.